The van der Waals surface area contributed by atoms with Crippen LogP contribution in [0, 0.1) is 12.3 Å². The quantitative estimate of drug-likeness (QED) is 0.880. The van der Waals surface area contributed by atoms with Crippen LogP contribution in [0.15, 0.2) is 12.1 Å². The van der Waals surface area contributed by atoms with E-state index < -0.39 is 0 Å². The SMILES string of the molecule is CCNC(c1cc(OC)c(OC)cc1C)C(C)(C)C. The number of aryl methyl sites for hydroxylation is 1. The van der Waals surface area contributed by atoms with Gasteiger partial charge < -0.3 is 14.8 Å². The molecular formula is C16H27NO2. The fraction of sp³-hybridized carbons (Fsp3) is 0.625. The smallest absolute Gasteiger partial charge is 0.161 e. The maximum absolute atomic E-state index is 5.42. The van der Waals surface area contributed by atoms with Crippen LogP contribution in [0.25, 0.3) is 0 Å². The largest absolute Gasteiger partial charge is 0.493 e. The Morgan fingerprint density at radius 3 is 2.05 bits per heavy atom. The molecule has 1 aromatic rings. The van der Waals surface area contributed by atoms with Gasteiger partial charge in [0.1, 0.15) is 0 Å². The van der Waals surface area contributed by atoms with Gasteiger partial charge in [-0.2, -0.15) is 0 Å². The Balaban J connectivity index is 3.30. The van der Waals surface area contributed by atoms with Gasteiger partial charge in [0.25, 0.3) is 0 Å². The Kier molecular flexibility index (Phi) is 5.24. The van der Waals surface area contributed by atoms with E-state index in [1.165, 1.54) is 11.1 Å². The van der Waals surface area contributed by atoms with Crippen LogP contribution < -0.4 is 14.8 Å². The van der Waals surface area contributed by atoms with E-state index in [-0.39, 0.29) is 11.5 Å². The minimum atomic E-state index is 0.139. The van der Waals surface area contributed by atoms with Crippen LogP contribution in [0.1, 0.15) is 44.9 Å². The topological polar surface area (TPSA) is 30.5 Å². The molecule has 0 aliphatic heterocycles. The van der Waals surface area contributed by atoms with Gasteiger partial charge in [-0.25, -0.2) is 0 Å². The molecule has 0 heterocycles. The van der Waals surface area contributed by atoms with Gasteiger partial charge in [-0.1, -0.05) is 27.7 Å². The number of hydrogen-bond donors (Lipinski definition) is 1. The normalized spacial score (nSPS) is 13.2. The summed E-state index contributed by atoms with van der Waals surface area (Å²) in [4.78, 5) is 0. The number of benzene rings is 1. The second-order valence-corrected chi connectivity index (χ2v) is 5.92. The van der Waals surface area contributed by atoms with Crippen molar-refractivity contribution in [1.82, 2.24) is 5.32 Å². The summed E-state index contributed by atoms with van der Waals surface area (Å²) in [6, 6.07) is 4.43. The lowest BCUT2D eigenvalue weighted by molar-refractivity contribution is 0.274. The van der Waals surface area contributed by atoms with Crippen LogP contribution in [0.4, 0.5) is 0 Å². The monoisotopic (exact) mass is 265 g/mol. The molecular weight excluding hydrogens is 238 g/mol. The molecule has 0 aliphatic rings. The van der Waals surface area contributed by atoms with Gasteiger partial charge in [0, 0.05) is 6.04 Å². The molecule has 1 N–H and O–H groups in total. The summed E-state index contributed by atoms with van der Waals surface area (Å²) in [6.07, 6.45) is 0. The molecule has 3 heteroatoms. The lowest BCUT2D eigenvalue weighted by atomic mass is 9.80. The summed E-state index contributed by atoms with van der Waals surface area (Å²) in [5, 5.41) is 3.57. The number of hydrogen-bond acceptors (Lipinski definition) is 3. The molecule has 1 unspecified atom stereocenters. The zero-order valence-corrected chi connectivity index (χ0v) is 13.3. The van der Waals surface area contributed by atoms with Gasteiger partial charge in [-0.3, -0.25) is 0 Å². The molecule has 108 valence electrons. The molecule has 0 amide bonds. The minimum absolute atomic E-state index is 0.139. The molecule has 1 atom stereocenters. The second kappa shape index (κ2) is 6.29. The summed E-state index contributed by atoms with van der Waals surface area (Å²) >= 11 is 0. The lowest BCUT2D eigenvalue weighted by Gasteiger charge is -2.33. The third-order valence-electron chi connectivity index (χ3n) is 3.36. The Labute approximate surface area is 117 Å². The molecule has 0 aliphatic carbocycles. The van der Waals surface area contributed by atoms with Crippen LogP contribution >= 0.6 is 0 Å². The van der Waals surface area contributed by atoms with E-state index in [1.807, 2.05) is 6.07 Å². The average molecular weight is 265 g/mol. The number of ether oxygens (including phenoxy) is 2. The molecule has 19 heavy (non-hydrogen) atoms. The molecule has 0 saturated carbocycles. The van der Waals surface area contributed by atoms with Crippen molar-refractivity contribution in [2.45, 2.75) is 40.7 Å². The molecule has 3 nitrogen and oxygen atoms in total. The summed E-state index contributed by atoms with van der Waals surface area (Å²) in [7, 11) is 3.35. The predicted octanol–water partition coefficient (Wildman–Crippen LogP) is 3.71. The standard InChI is InChI=1S/C16H27NO2/c1-8-17-15(16(3,4)5)12-10-14(19-7)13(18-6)9-11(12)2/h9-10,15,17H,8H2,1-7H3. The van der Waals surface area contributed by atoms with Crippen LogP contribution in [-0.2, 0) is 0 Å². The zero-order chi connectivity index (χ0) is 14.6. The highest BCUT2D eigenvalue weighted by atomic mass is 16.5. The summed E-state index contributed by atoms with van der Waals surface area (Å²) in [6.45, 7) is 11.9. The minimum Gasteiger partial charge on any atom is -0.493 e. The fourth-order valence-corrected chi connectivity index (χ4v) is 2.39. The van der Waals surface area contributed by atoms with E-state index in [1.54, 1.807) is 14.2 Å². The van der Waals surface area contributed by atoms with Crippen molar-refractivity contribution in [1.29, 1.82) is 0 Å². The van der Waals surface area contributed by atoms with Gasteiger partial charge in [0.15, 0.2) is 11.5 Å². The maximum atomic E-state index is 5.42. The first-order chi connectivity index (χ1) is 8.85. The van der Waals surface area contributed by atoms with Crippen molar-refractivity contribution in [2.75, 3.05) is 20.8 Å². The summed E-state index contributed by atoms with van der Waals surface area (Å²) in [5.41, 5.74) is 2.63. The maximum Gasteiger partial charge on any atom is 0.161 e. The molecule has 0 fully saturated rings. The Bertz CT molecular complexity index is 421. The number of methoxy groups -OCH3 is 2. The van der Waals surface area contributed by atoms with Crippen LogP contribution in [0.3, 0.4) is 0 Å². The van der Waals surface area contributed by atoms with Gasteiger partial charge in [0.05, 0.1) is 14.2 Å². The highest BCUT2D eigenvalue weighted by Crippen LogP contribution is 2.39. The Morgan fingerprint density at radius 1 is 1.11 bits per heavy atom. The highest BCUT2D eigenvalue weighted by molar-refractivity contribution is 5.48. The lowest BCUT2D eigenvalue weighted by Crippen LogP contribution is -2.32. The van der Waals surface area contributed by atoms with Crippen molar-refractivity contribution in [2.24, 2.45) is 5.41 Å². The Morgan fingerprint density at radius 2 is 1.63 bits per heavy atom. The third-order valence-corrected chi connectivity index (χ3v) is 3.36. The van der Waals surface area contributed by atoms with Gasteiger partial charge >= 0.3 is 0 Å². The fourth-order valence-electron chi connectivity index (χ4n) is 2.39. The Hall–Kier alpha value is -1.22. The van der Waals surface area contributed by atoms with Crippen molar-refractivity contribution in [3.8, 4) is 11.5 Å². The highest BCUT2D eigenvalue weighted by Gasteiger charge is 2.27. The van der Waals surface area contributed by atoms with Crippen molar-refractivity contribution in [3.05, 3.63) is 23.3 Å². The van der Waals surface area contributed by atoms with Gasteiger partial charge in [0.2, 0.25) is 0 Å². The van der Waals surface area contributed by atoms with E-state index in [4.69, 9.17) is 9.47 Å². The number of rotatable bonds is 5. The van der Waals surface area contributed by atoms with Crippen molar-refractivity contribution in [3.63, 3.8) is 0 Å². The average Bonchev–Trinajstić information content (AvgIpc) is 2.34. The van der Waals surface area contributed by atoms with Gasteiger partial charge in [-0.15, -0.1) is 0 Å². The van der Waals surface area contributed by atoms with E-state index in [2.05, 4.69) is 46.0 Å². The van der Waals surface area contributed by atoms with E-state index in [0.29, 0.717) is 0 Å². The van der Waals surface area contributed by atoms with Crippen LogP contribution in [0.5, 0.6) is 11.5 Å². The molecule has 1 rings (SSSR count). The molecule has 0 spiro atoms. The first-order valence-electron chi connectivity index (χ1n) is 6.81. The van der Waals surface area contributed by atoms with Crippen molar-refractivity contribution < 1.29 is 9.47 Å². The summed E-state index contributed by atoms with van der Waals surface area (Å²) in [5.74, 6) is 1.57. The van der Waals surface area contributed by atoms with Gasteiger partial charge in [-0.05, 0) is 42.1 Å². The van der Waals surface area contributed by atoms with Crippen LogP contribution in [0.2, 0.25) is 0 Å². The first-order valence-corrected chi connectivity index (χ1v) is 6.81. The zero-order valence-electron chi connectivity index (χ0n) is 13.3. The van der Waals surface area contributed by atoms with E-state index in [0.717, 1.165) is 18.0 Å². The van der Waals surface area contributed by atoms with E-state index in [9.17, 15) is 0 Å². The first kappa shape index (κ1) is 15.8. The molecule has 1 aromatic carbocycles. The van der Waals surface area contributed by atoms with Crippen LogP contribution in [-0.4, -0.2) is 20.8 Å². The molecule has 0 aromatic heterocycles. The predicted molar refractivity (Wildman–Crippen MR) is 80.2 cm³/mol. The number of nitrogens with one attached hydrogen (secondary N) is 1. The second-order valence-electron chi connectivity index (χ2n) is 5.92. The van der Waals surface area contributed by atoms with E-state index >= 15 is 0 Å². The third kappa shape index (κ3) is 3.63. The van der Waals surface area contributed by atoms with Crippen molar-refractivity contribution >= 4 is 0 Å². The summed E-state index contributed by atoms with van der Waals surface area (Å²) < 4.78 is 10.8. The molecule has 0 bridgehead atoms. The molecule has 0 saturated heterocycles. The molecule has 0 radical (unpaired) electrons.